The third-order valence-electron chi connectivity index (χ3n) is 4.29. The summed E-state index contributed by atoms with van der Waals surface area (Å²) in [6.07, 6.45) is 2.03. The van der Waals surface area contributed by atoms with Crippen molar-refractivity contribution in [3.63, 3.8) is 0 Å². The molecule has 3 rings (SSSR count). The van der Waals surface area contributed by atoms with Gasteiger partial charge in [-0.2, -0.15) is 0 Å². The third-order valence-corrected chi connectivity index (χ3v) is 4.29. The molecule has 2 aromatic rings. The molecule has 2 amide bonds. The molecule has 0 saturated carbocycles. The highest BCUT2D eigenvalue weighted by Gasteiger charge is 2.19. The van der Waals surface area contributed by atoms with Crippen molar-refractivity contribution in [2.24, 2.45) is 0 Å². The van der Waals surface area contributed by atoms with Crippen LogP contribution in [-0.4, -0.2) is 38.2 Å². The van der Waals surface area contributed by atoms with E-state index in [1.54, 1.807) is 48.5 Å². The minimum absolute atomic E-state index is 0.0642. The van der Waals surface area contributed by atoms with Crippen molar-refractivity contribution in [1.82, 2.24) is 5.32 Å². The number of carbonyl (C=O) groups excluding carboxylic acids is 2. The number of nitrogens with one attached hydrogen (secondary N) is 2. The number of rotatable bonds is 6. The Bertz CT molecular complexity index is 785. The van der Waals surface area contributed by atoms with Gasteiger partial charge < -0.3 is 20.1 Å². The second-order valence-corrected chi connectivity index (χ2v) is 6.05. The van der Waals surface area contributed by atoms with Gasteiger partial charge in [-0.1, -0.05) is 24.3 Å². The molecule has 0 radical (unpaired) electrons. The lowest BCUT2D eigenvalue weighted by molar-refractivity contribution is 0.0858. The Labute approximate surface area is 152 Å². The van der Waals surface area contributed by atoms with Crippen LogP contribution >= 0.6 is 0 Å². The van der Waals surface area contributed by atoms with Crippen LogP contribution < -0.4 is 15.4 Å². The van der Waals surface area contributed by atoms with Gasteiger partial charge in [0.25, 0.3) is 11.8 Å². The van der Waals surface area contributed by atoms with Crippen LogP contribution in [0.25, 0.3) is 0 Å². The zero-order valence-corrected chi connectivity index (χ0v) is 14.7. The van der Waals surface area contributed by atoms with Gasteiger partial charge in [0.1, 0.15) is 5.75 Å². The van der Waals surface area contributed by atoms with Gasteiger partial charge in [-0.05, 0) is 37.1 Å². The molecule has 0 spiro atoms. The summed E-state index contributed by atoms with van der Waals surface area (Å²) >= 11 is 0. The third kappa shape index (κ3) is 4.21. The molecule has 6 nitrogen and oxygen atoms in total. The maximum atomic E-state index is 12.6. The number of hydrogen-bond donors (Lipinski definition) is 2. The summed E-state index contributed by atoms with van der Waals surface area (Å²) in [6.45, 7) is 1.21. The van der Waals surface area contributed by atoms with Crippen molar-refractivity contribution >= 4 is 17.5 Å². The number of methoxy groups -OCH3 is 1. The molecule has 0 bridgehead atoms. The van der Waals surface area contributed by atoms with Gasteiger partial charge in [0.2, 0.25) is 0 Å². The summed E-state index contributed by atoms with van der Waals surface area (Å²) in [6, 6.07) is 13.9. The van der Waals surface area contributed by atoms with E-state index < -0.39 is 0 Å². The molecule has 6 heteroatoms. The van der Waals surface area contributed by atoms with Crippen molar-refractivity contribution in [1.29, 1.82) is 0 Å². The number of amides is 2. The van der Waals surface area contributed by atoms with Gasteiger partial charge in [-0.25, -0.2) is 0 Å². The van der Waals surface area contributed by atoms with Gasteiger partial charge in [0, 0.05) is 13.2 Å². The maximum absolute atomic E-state index is 12.6. The Morgan fingerprint density at radius 1 is 1.08 bits per heavy atom. The van der Waals surface area contributed by atoms with Crippen LogP contribution in [0.2, 0.25) is 0 Å². The first-order valence-electron chi connectivity index (χ1n) is 8.62. The lowest BCUT2D eigenvalue weighted by atomic mass is 10.1. The fourth-order valence-corrected chi connectivity index (χ4v) is 2.92. The van der Waals surface area contributed by atoms with E-state index in [1.807, 2.05) is 0 Å². The standard InChI is InChI=1S/C20H22N2O4/c1-25-18-11-5-3-9-16(18)20(24)22-17-10-4-2-8-15(17)19(23)21-13-14-7-6-12-26-14/h2-5,8-11,14H,6-7,12-13H2,1H3,(H,21,23)(H,22,24)/t14-/m0/s1. The fraction of sp³-hybridized carbons (Fsp3) is 0.300. The van der Waals surface area contributed by atoms with Gasteiger partial charge in [0.15, 0.2) is 0 Å². The largest absolute Gasteiger partial charge is 0.496 e. The van der Waals surface area contributed by atoms with Crippen molar-refractivity contribution in [2.45, 2.75) is 18.9 Å². The summed E-state index contributed by atoms with van der Waals surface area (Å²) < 4.78 is 10.7. The van der Waals surface area contributed by atoms with Gasteiger partial charge in [0.05, 0.1) is 30.0 Å². The number of carbonyl (C=O) groups is 2. The summed E-state index contributed by atoms with van der Waals surface area (Å²) in [7, 11) is 1.51. The molecule has 1 heterocycles. The fourth-order valence-electron chi connectivity index (χ4n) is 2.92. The average molecular weight is 354 g/mol. The van der Waals surface area contributed by atoms with Crippen molar-refractivity contribution < 1.29 is 19.1 Å². The summed E-state index contributed by atoms with van der Waals surface area (Å²) in [5, 5.41) is 5.68. The van der Waals surface area contributed by atoms with Crippen LogP contribution in [0.4, 0.5) is 5.69 Å². The second kappa shape index (κ2) is 8.49. The van der Waals surface area contributed by atoms with Crippen LogP contribution in [0.1, 0.15) is 33.6 Å². The van der Waals surface area contributed by atoms with E-state index in [4.69, 9.17) is 9.47 Å². The highest BCUT2D eigenvalue weighted by Crippen LogP contribution is 2.21. The number of anilines is 1. The Hall–Kier alpha value is -2.86. The quantitative estimate of drug-likeness (QED) is 0.836. The molecule has 1 fully saturated rings. The van der Waals surface area contributed by atoms with E-state index in [0.717, 1.165) is 19.4 Å². The van der Waals surface area contributed by atoms with Crippen LogP contribution in [-0.2, 0) is 4.74 Å². The van der Waals surface area contributed by atoms with Gasteiger partial charge in [-0.15, -0.1) is 0 Å². The molecule has 2 N–H and O–H groups in total. The molecule has 1 atom stereocenters. The van der Waals surface area contributed by atoms with Crippen molar-refractivity contribution in [3.8, 4) is 5.75 Å². The van der Waals surface area contributed by atoms with Crippen molar-refractivity contribution in [3.05, 3.63) is 59.7 Å². The predicted octanol–water partition coefficient (Wildman–Crippen LogP) is 2.86. The van der Waals surface area contributed by atoms with Crippen LogP contribution in [0.15, 0.2) is 48.5 Å². The summed E-state index contributed by atoms with van der Waals surface area (Å²) in [5.74, 6) is -0.0939. The molecule has 1 aliphatic heterocycles. The number of para-hydroxylation sites is 2. The van der Waals surface area contributed by atoms with E-state index in [2.05, 4.69) is 10.6 Å². The van der Waals surface area contributed by atoms with Crippen LogP contribution in [0, 0.1) is 0 Å². The first-order chi connectivity index (χ1) is 12.7. The zero-order valence-electron chi connectivity index (χ0n) is 14.7. The number of ether oxygens (including phenoxy) is 2. The molecule has 1 aliphatic rings. The molecule has 2 aromatic carbocycles. The van der Waals surface area contributed by atoms with Crippen LogP contribution in [0.5, 0.6) is 5.75 Å². The van der Waals surface area contributed by atoms with Crippen LogP contribution in [0.3, 0.4) is 0 Å². The normalized spacial score (nSPS) is 16.1. The lowest BCUT2D eigenvalue weighted by Crippen LogP contribution is -2.32. The molecule has 0 aliphatic carbocycles. The Morgan fingerprint density at radius 3 is 2.54 bits per heavy atom. The molecule has 0 aromatic heterocycles. The molecule has 136 valence electrons. The SMILES string of the molecule is COc1ccccc1C(=O)Nc1ccccc1C(=O)NC[C@@H]1CCCO1. The smallest absolute Gasteiger partial charge is 0.259 e. The predicted molar refractivity (Wildman–Crippen MR) is 98.7 cm³/mol. The zero-order chi connectivity index (χ0) is 18.4. The summed E-state index contributed by atoms with van der Waals surface area (Å²) in [5.41, 5.74) is 1.27. The topological polar surface area (TPSA) is 76.7 Å². The Morgan fingerprint density at radius 2 is 1.81 bits per heavy atom. The van der Waals surface area contributed by atoms with E-state index >= 15 is 0 Å². The van der Waals surface area contributed by atoms with E-state index in [1.165, 1.54) is 7.11 Å². The van der Waals surface area contributed by atoms with E-state index in [9.17, 15) is 9.59 Å². The molecule has 26 heavy (non-hydrogen) atoms. The summed E-state index contributed by atoms with van der Waals surface area (Å²) in [4.78, 5) is 25.1. The number of benzene rings is 2. The Kier molecular flexibility index (Phi) is 5.86. The minimum Gasteiger partial charge on any atom is -0.496 e. The molecule has 1 saturated heterocycles. The molecule has 0 unspecified atom stereocenters. The first-order valence-corrected chi connectivity index (χ1v) is 8.62. The highest BCUT2D eigenvalue weighted by atomic mass is 16.5. The molecular weight excluding hydrogens is 332 g/mol. The number of hydrogen-bond acceptors (Lipinski definition) is 4. The van der Waals surface area contributed by atoms with Gasteiger partial charge >= 0.3 is 0 Å². The van der Waals surface area contributed by atoms with E-state index in [-0.39, 0.29) is 17.9 Å². The Balaban J connectivity index is 1.72. The van der Waals surface area contributed by atoms with Gasteiger partial charge in [-0.3, -0.25) is 9.59 Å². The van der Waals surface area contributed by atoms with E-state index in [0.29, 0.717) is 29.1 Å². The molecular formula is C20H22N2O4. The minimum atomic E-state index is -0.332. The van der Waals surface area contributed by atoms with Crippen molar-refractivity contribution in [2.75, 3.05) is 25.6 Å². The monoisotopic (exact) mass is 354 g/mol. The average Bonchev–Trinajstić information content (AvgIpc) is 3.20. The first kappa shape index (κ1) is 17.9. The second-order valence-electron chi connectivity index (χ2n) is 6.05. The highest BCUT2D eigenvalue weighted by molar-refractivity contribution is 6.10. The maximum Gasteiger partial charge on any atom is 0.259 e. The lowest BCUT2D eigenvalue weighted by Gasteiger charge is -2.14.